The van der Waals surface area contributed by atoms with Gasteiger partial charge in [0, 0.05) is 29.0 Å². The first kappa shape index (κ1) is 19.4. The van der Waals surface area contributed by atoms with Gasteiger partial charge >= 0.3 is 11.9 Å². The lowest BCUT2D eigenvalue weighted by Crippen LogP contribution is -2.42. The summed E-state index contributed by atoms with van der Waals surface area (Å²) in [5.41, 5.74) is 1.86. The molecule has 1 saturated carbocycles. The number of esters is 2. The number of rotatable bonds is 3. The van der Waals surface area contributed by atoms with Gasteiger partial charge in [0.05, 0.1) is 5.69 Å². The van der Waals surface area contributed by atoms with E-state index in [1.54, 1.807) is 0 Å². The summed E-state index contributed by atoms with van der Waals surface area (Å²) in [5, 5.41) is 3.01. The van der Waals surface area contributed by atoms with Crippen molar-refractivity contribution < 1.29 is 19.1 Å². The Morgan fingerprint density at radius 2 is 1.58 bits per heavy atom. The van der Waals surface area contributed by atoms with Crippen LogP contribution in [0.15, 0.2) is 32.9 Å². The number of halogens is 2. The average Bonchev–Trinajstić information content (AvgIpc) is 2.55. The predicted octanol–water partition coefficient (Wildman–Crippen LogP) is 5.39. The van der Waals surface area contributed by atoms with Gasteiger partial charge in [-0.2, -0.15) is 0 Å². The smallest absolute Gasteiger partial charge is 0.350 e. The summed E-state index contributed by atoms with van der Waals surface area (Å²) in [5.74, 6) is -2.07. The first-order valence-corrected chi connectivity index (χ1v) is 10.3. The van der Waals surface area contributed by atoms with Crippen molar-refractivity contribution in [3.05, 3.63) is 38.4 Å². The summed E-state index contributed by atoms with van der Waals surface area (Å²) < 4.78 is 11.9. The lowest BCUT2D eigenvalue weighted by atomic mass is 9.84. The molecule has 0 aromatic heterocycles. The molecule has 1 N–H and O–H groups in total. The monoisotopic (exact) mass is 485 g/mol. The maximum atomic E-state index is 12.0. The number of carbonyl (C=O) groups is 2. The molecule has 140 valence electrons. The van der Waals surface area contributed by atoms with Gasteiger partial charge in [0.2, 0.25) is 0 Å². The summed E-state index contributed by atoms with van der Waals surface area (Å²) in [6, 6.07) is 4.20. The van der Waals surface area contributed by atoms with Gasteiger partial charge in [-0.3, -0.25) is 0 Å². The number of hydrogen-bond acceptors (Lipinski definition) is 5. The van der Waals surface area contributed by atoms with Crippen LogP contribution in [0, 0.1) is 0 Å². The molecule has 5 nitrogen and oxygen atoms in total. The molecule has 0 radical (unpaired) electrons. The normalized spacial score (nSPS) is 20.4. The van der Waals surface area contributed by atoms with E-state index in [2.05, 4.69) is 49.3 Å². The zero-order valence-corrected chi connectivity index (χ0v) is 17.9. The maximum absolute atomic E-state index is 12.0. The lowest BCUT2D eigenvalue weighted by molar-refractivity contribution is -0.222. The molecule has 1 aliphatic carbocycles. The minimum Gasteiger partial charge on any atom is -0.419 e. The Labute approximate surface area is 169 Å². The topological polar surface area (TPSA) is 64.6 Å². The highest BCUT2D eigenvalue weighted by atomic mass is 79.9. The van der Waals surface area contributed by atoms with E-state index in [4.69, 9.17) is 9.47 Å². The SMILES string of the molecule is CC1(C)OC(=O)C(=CNc2c(Br)cc(C3CCCCC3)cc2Br)C(=O)O1. The quantitative estimate of drug-likeness (QED) is 0.352. The third-order valence-corrected chi connectivity index (χ3v) is 5.87. The molecule has 2 fully saturated rings. The van der Waals surface area contributed by atoms with Crippen molar-refractivity contribution >= 4 is 49.5 Å². The van der Waals surface area contributed by atoms with E-state index >= 15 is 0 Å². The van der Waals surface area contributed by atoms with Crippen LogP contribution in [0.4, 0.5) is 5.69 Å². The van der Waals surface area contributed by atoms with E-state index in [0.717, 1.165) is 14.6 Å². The standard InChI is InChI=1S/C19H21Br2NO4/c1-19(2)25-17(23)13(18(24)26-19)10-22-16-14(20)8-12(9-15(16)21)11-6-4-3-5-7-11/h8-11,22H,3-7H2,1-2H3. The van der Waals surface area contributed by atoms with Gasteiger partial charge in [-0.15, -0.1) is 0 Å². The van der Waals surface area contributed by atoms with E-state index in [1.165, 1.54) is 57.7 Å². The number of cyclic esters (lactones) is 2. The molecule has 0 spiro atoms. The molecule has 1 aliphatic heterocycles. The minimum atomic E-state index is -1.24. The van der Waals surface area contributed by atoms with Crippen molar-refractivity contribution in [3.8, 4) is 0 Å². The molecule has 1 heterocycles. The highest BCUT2D eigenvalue weighted by Gasteiger charge is 2.39. The van der Waals surface area contributed by atoms with Crippen molar-refractivity contribution in [2.45, 2.75) is 57.7 Å². The first-order valence-electron chi connectivity index (χ1n) is 8.69. The van der Waals surface area contributed by atoms with Crippen LogP contribution in [-0.2, 0) is 19.1 Å². The van der Waals surface area contributed by atoms with Crippen LogP contribution in [0.5, 0.6) is 0 Å². The summed E-state index contributed by atoms with van der Waals surface area (Å²) in [4.78, 5) is 24.0. The van der Waals surface area contributed by atoms with Crippen LogP contribution in [0.2, 0.25) is 0 Å². The molecule has 0 bridgehead atoms. The first-order chi connectivity index (χ1) is 12.3. The van der Waals surface area contributed by atoms with Crippen molar-refractivity contribution in [3.63, 3.8) is 0 Å². The van der Waals surface area contributed by atoms with Gasteiger partial charge in [-0.1, -0.05) is 19.3 Å². The molecule has 0 unspecified atom stereocenters. The van der Waals surface area contributed by atoms with Crippen molar-refractivity contribution in [1.82, 2.24) is 0 Å². The van der Waals surface area contributed by atoms with Crippen molar-refractivity contribution in [2.24, 2.45) is 0 Å². The summed E-state index contributed by atoms with van der Waals surface area (Å²) in [7, 11) is 0. The van der Waals surface area contributed by atoms with Crippen LogP contribution in [0.25, 0.3) is 0 Å². The Hall–Kier alpha value is -1.34. The second-order valence-corrected chi connectivity index (χ2v) is 8.78. The molecule has 1 saturated heterocycles. The minimum absolute atomic E-state index is 0.167. The Kier molecular flexibility index (Phi) is 5.77. The molecule has 0 amide bonds. The van der Waals surface area contributed by atoms with E-state index in [1.807, 2.05) is 0 Å². The zero-order chi connectivity index (χ0) is 18.9. The van der Waals surface area contributed by atoms with Crippen molar-refractivity contribution in [1.29, 1.82) is 0 Å². The highest BCUT2D eigenvalue weighted by molar-refractivity contribution is 9.11. The fourth-order valence-electron chi connectivity index (χ4n) is 3.33. The van der Waals surface area contributed by atoms with Crippen LogP contribution >= 0.6 is 31.9 Å². The van der Waals surface area contributed by atoms with Crippen molar-refractivity contribution in [2.75, 3.05) is 5.32 Å². The third kappa shape index (κ3) is 4.31. The van der Waals surface area contributed by atoms with Gasteiger partial charge in [-0.25, -0.2) is 9.59 Å². The van der Waals surface area contributed by atoms with E-state index in [-0.39, 0.29) is 5.57 Å². The lowest BCUT2D eigenvalue weighted by Gasteiger charge is -2.29. The third-order valence-electron chi connectivity index (χ3n) is 4.62. The number of anilines is 1. The number of hydrogen-bond donors (Lipinski definition) is 1. The van der Waals surface area contributed by atoms with Gasteiger partial charge < -0.3 is 14.8 Å². The second-order valence-electron chi connectivity index (χ2n) is 7.08. The Morgan fingerprint density at radius 1 is 1.04 bits per heavy atom. The average molecular weight is 487 g/mol. The van der Waals surface area contributed by atoms with E-state index in [9.17, 15) is 9.59 Å². The fraction of sp³-hybridized carbons (Fsp3) is 0.474. The summed E-state index contributed by atoms with van der Waals surface area (Å²) in [6.07, 6.45) is 7.60. The highest BCUT2D eigenvalue weighted by Crippen LogP contribution is 2.39. The molecule has 1 aromatic rings. The van der Waals surface area contributed by atoms with Crippen LogP contribution in [0.3, 0.4) is 0 Å². The van der Waals surface area contributed by atoms with Gasteiger partial charge in [0.1, 0.15) is 0 Å². The molecule has 7 heteroatoms. The molecule has 2 aliphatic rings. The molecule has 1 aromatic carbocycles. The Morgan fingerprint density at radius 3 is 2.12 bits per heavy atom. The largest absolute Gasteiger partial charge is 0.419 e. The van der Waals surface area contributed by atoms with E-state index in [0.29, 0.717) is 5.92 Å². The molecule has 0 atom stereocenters. The molecular weight excluding hydrogens is 466 g/mol. The zero-order valence-electron chi connectivity index (χ0n) is 14.7. The maximum Gasteiger partial charge on any atom is 0.350 e. The summed E-state index contributed by atoms with van der Waals surface area (Å²) in [6.45, 7) is 3.04. The Balaban J connectivity index is 1.80. The van der Waals surface area contributed by atoms with Gasteiger partial charge in [0.15, 0.2) is 5.57 Å². The summed E-state index contributed by atoms with van der Waals surface area (Å²) >= 11 is 7.17. The Bertz CT molecular complexity index is 722. The number of benzene rings is 1. The molecule has 26 heavy (non-hydrogen) atoms. The molecule has 3 rings (SSSR count). The number of carbonyl (C=O) groups excluding carboxylic acids is 2. The van der Waals surface area contributed by atoms with Crippen LogP contribution in [-0.4, -0.2) is 17.7 Å². The van der Waals surface area contributed by atoms with Gasteiger partial charge in [0.25, 0.3) is 5.79 Å². The van der Waals surface area contributed by atoms with Crippen LogP contribution in [0.1, 0.15) is 57.4 Å². The fourth-order valence-corrected chi connectivity index (χ4v) is 4.78. The molecular formula is C19H21Br2NO4. The number of ether oxygens (including phenoxy) is 2. The van der Waals surface area contributed by atoms with Crippen LogP contribution < -0.4 is 5.32 Å². The second kappa shape index (κ2) is 7.72. The predicted molar refractivity (Wildman–Crippen MR) is 106 cm³/mol. The number of nitrogens with one attached hydrogen (secondary N) is 1. The van der Waals surface area contributed by atoms with Gasteiger partial charge in [-0.05, 0) is 68.3 Å². The van der Waals surface area contributed by atoms with E-state index < -0.39 is 17.7 Å².